The summed E-state index contributed by atoms with van der Waals surface area (Å²) in [5.41, 5.74) is 0.344. The molecule has 0 aliphatic carbocycles. The second-order valence-corrected chi connectivity index (χ2v) is 7.50. The maximum Gasteiger partial charge on any atom is 0.327 e. The number of benzene rings is 1. The third-order valence-electron chi connectivity index (χ3n) is 5.60. The summed E-state index contributed by atoms with van der Waals surface area (Å²) in [6, 6.07) is 9.67. The van der Waals surface area contributed by atoms with Gasteiger partial charge in [-0.3, -0.25) is 4.79 Å². The number of nitrogens with zero attached hydrogens (tertiary/aromatic N) is 4. The Kier molecular flexibility index (Phi) is 7.34. The van der Waals surface area contributed by atoms with Crippen LogP contribution in [0.1, 0.15) is 25.7 Å². The number of terminal acetylenes is 1. The van der Waals surface area contributed by atoms with E-state index in [1.54, 1.807) is 14.1 Å². The van der Waals surface area contributed by atoms with Gasteiger partial charge in [0.25, 0.3) is 5.91 Å². The Hall–Kier alpha value is -2.23. The van der Waals surface area contributed by atoms with Crippen LogP contribution in [-0.4, -0.2) is 72.6 Å². The normalized spacial score (nSPS) is 18.7. The summed E-state index contributed by atoms with van der Waals surface area (Å²) in [6.07, 6.45) is 8.54. The Morgan fingerprint density at radius 1 is 1.21 bits per heavy atom. The average Bonchev–Trinajstić information content (AvgIpc) is 2.96. The topological polar surface area (TPSA) is 47.1 Å². The van der Waals surface area contributed by atoms with E-state index < -0.39 is 5.54 Å². The fourth-order valence-electron chi connectivity index (χ4n) is 4.07. The van der Waals surface area contributed by atoms with Crippen LogP contribution >= 0.6 is 12.4 Å². The number of para-hydroxylation sites is 1. The number of hydrogen-bond donors (Lipinski definition) is 0. The number of piperidine rings is 1. The van der Waals surface area contributed by atoms with Crippen LogP contribution in [0.2, 0.25) is 0 Å². The largest absolute Gasteiger partial charge is 0.338 e. The van der Waals surface area contributed by atoms with E-state index in [-0.39, 0.29) is 24.3 Å². The fourth-order valence-corrected chi connectivity index (χ4v) is 4.07. The van der Waals surface area contributed by atoms with Gasteiger partial charge < -0.3 is 14.7 Å². The summed E-state index contributed by atoms with van der Waals surface area (Å²) in [4.78, 5) is 33.3. The molecule has 0 unspecified atom stereocenters. The first kappa shape index (κ1) is 22.1. The van der Waals surface area contributed by atoms with Gasteiger partial charge in [0, 0.05) is 39.3 Å². The number of anilines is 1. The molecule has 1 aromatic carbocycles. The number of unbranched alkanes of at least 4 members (excludes halogenated alkanes) is 1. The van der Waals surface area contributed by atoms with Crippen molar-refractivity contribution in [2.24, 2.45) is 0 Å². The van der Waals surface area contributed by atoms with Gasteiger partial charge in [0.1, 0.15) is 12.2 Å². The third-order valence-corrected chi connectivity index (χ3v) is 5.60. The highest BCUT2D eigenvalue weighted by Crippen LogP contribution is 2.39. The van der Waals surface area contributed by atoms with Crippen molar-refractivity contribution in [1.29, 1.82) is 0 Å². The molecule has 28 heavy (non-hydrogen) atoms. The Bertz CT molecular complexity index is 724. The number of urea groups is 1. The highest BCUT2D eigenvalue weighted by Gasteiger charge is 2.55. The minimum absolute atomic E-state index is 0. The standard InChI is InChI=1S/C21H28N4O2.ClH/c1-4-5-9-14-23-15-12-21(13-16-23)19(26)24(20(27)22(2)3)17-25(21)18-10-7-6-8-11-18;/h1,6-8,10-11H,5,9,12-17H2,2-3H3;1H. The van der Waals surface area contributed by atoms with Crippen molar-refractivity contribution in [3.05, 3.63) is 30.3 Å². The minimum Gasteiger partial charge on any atom is -0.338 e. The molecule has 2 aliphatic rings. The molecule has 3 amide bonds. The number of rotatable bonds is 4. The smallest absolute Gasteiger partial charge is 0.327 e. The molecular weight excluding hydrogens is 376 g/mol. The Morgan fingerprint density at radius 3 is 2.43 bits per heavy atom. The van der Waals surface area contributed by atoms with Crippen LogP contribution in [0.25, 0.3) is 0 Å². The summed E-state index contributed by atoms with van der Waals surface area (Å²) in [5.74, 6) is 2.61. The van der Waals surface area contributed by atoms with Gasteiger partial charge in [-0.2, -0.15) is 0 Å². The number of likely N-dealkylation sites (tertiary alicyclic amines) is 1. The molecule has 2 heterocycles. The zero-order valence-electron chi connectivity index (χ0n) is 16.6. The van der Waals surface area contributed by atoms with Gasteiger partial charge in [-0.15, -0.1) is 24.8 Å². The number of halogens is 1. The van der Waals surface area contributed by atoms with Gasteiger partial charge in [0.2, 0.25) is 0 Å². The van der Waals surface area contributed by atoms with Gasteiger partial charge in [0.05, 0.1) is 0 Å². The van der Waals surface area contributed by atoms with E-state index in [4.69, 9.17) is 6.42 Å². The van der Waals surface area contributed by atoms with Crippen LogP contribution in [-0.2, 0) is 4.79 Å². The lowest BCUT2D eigenvalue weighted by molar-refractivity contribution is -0.131. The lowest BCUT2D eigenvalue weighted by Gasteiger charge is -2.43. The second kappa shape index (κ2) is 9.31. The highest BCUT2D eigenvalue weighted by atomic mass is 35.5. The SMILES string of the molecule is C#CCCCN1CCC2(CC1)C(=O)N(C(=O)N(C)C)CN2c1ccccc1.Cl. The molecule has 0 bridgehead atoms. The fraction of sp³-hybridized carbons (Fsp3) is 0.524. The van der Waals surface area contributed by atoms with Gasteiger partial charge in [-0.1, -0.05) is 18.2 Å². The van der Waals surface area contributed by atoms with Crippen molar-refractivity contribution in [2.45, 2.75) is 31.2 Å². The van der Waals surface area contributed by atoms with Crippen LogP contribution < -0.4 is 4.90 Å². The highest BCUT2D eigenvalue weighted by molar-refractivity contribution is 6.04. The van der Waals surface area contributed by atoms with E-state index in [9.17, 15) is 9.59 Å². The summed E-state index contributed by atoms with van der Waals surface area (Å²) in [5, 5.41) is 0. The molecule has 2 saturated heterocycles. The molecule has 0 N–H and O–H groups in total. The molecule has 1 spiro atoms. The minimum atomic E-state index is -0.643. The van der Waals surface area contributed by atoms with Crippen molar-refractivity contribution in [1.82, 2.24) is 14.7 Å². The van der Waals surface area contributed by atoms with E-state index in [2.05, 4.69) is 15.7 Å². The molecule has 0 radical (unpaired) electrons. The van der Waals surface area contributed by atoms with Crippen molar-refractivity contribution in [3.63, 3.8) is 0 Å². The number of carbonyl (C=O) groups excluding carboxylic acids is 2. The predicted molar refractivity (Wildman–Crippen MR) is 113 cm³/mol. The van der Waals surface area contributed by atoms with Crippen LogP contribution in [0.3, 0.4) is 0 Å². The van der Waals surface area contributed by atoms with E-state index in [1.165, 1.54) is 9.80 Å². The molecular formula is C21H29ClN4O2. The van der Waals surface area contributed by atoms with Crippen LogP contribution in [0, 0.1) is 12.3 Å². The van der Waals surface area contributed by atoms with Crippen LogP contribution in [0.4, 0.5) is 10.5 Å². The van der Waals surface area contributed by atoms with Crippen molar-refractivity contribution >= 4 is 30.0 Å². The van der Waals surface area contributed by atoms with E-state index >= 15 is 0 Å². The Balaban J connectivity index is 0.00000280. The number of carbonyl (C=O) groups is 2. The van der Waals surface area contributed by atoms with Gasteiger partial charge in [-0.05, 0) is 37.9 Å². The number of amides is 3. The van der Waals surface area contributed by atoms with Crippen molar-refractivity contribution < 1.29 is 9.59 Å². The third kappa shape index (κ3) is 4.11. The maximum atomic E-state index is 13.4. The second-order valence-electron chi connectivity index (χ2n) is 7.50. The first-order valence-corrected chi connectivity index (χ1v) is 9.51. The summed E-state index contributed by atoms with van der Waals surface area (Å²) in [7, 11) is 3.36. The molecule has 152 valence electrons. The predicted octanol–water partition coefficient (Wildman–Crippen LogP) is 2.64. The van der Waals surface area contributed by atoms with Crippen LogP contribution in [0.5, 0.6) is 0 Å². The van der Waals surface area contributed by atoms with Gasteiger partial charge in [-0.25, -0.2) is 9.69 Å². The molecule has 2 aliphatic heterocycles. The first-order chi connectivity index (χ1) is 13.0. The number of hydrogen-bond acceptors (Lipinski definition) is 4. The lowest BCUT2D eigenvalue weighted by atomic mass is 9.85. The molecule has 0 saturated carbocycles. The maximum absolute atomic E-state index is 13.4. The van der Waals surface area contributed by atoms with Crippen LogP contribution in [0.15, 0.2) is 30.3 Å². The van der Waals surface area contributed by atoms with E-state index in [0.717, 1.165) is 38.2 Å². The van der Waals surface area contributed by atoms with E-state index in [0.29, 0.717) is 19.5 Å². The van der Waals surface area contributed by atoms with Gasteiger partial charge >= 0.3 is 6.03 Å². The molecule has 6 nitrogen and oxygen atoms in total. The zero-order chi connectivity index (χ0) is 19.4. The Morgan fingerprint density at radius 2 is 1.86 bits per heavy atom. The Labute approximate surface area is 173 Å². The molecule has 0 atom stereocenters. The first-order valence-electron chi connectivity index (χ1n) is 9.51. The molecule has 3 rings (SSSR count). The summed E-state index contributed by atoms with van der Waals surface area (Å²) < 4.78 is 0. The molecule has 2 fully saturated rings. The molecule has 7 heteroatoms. The van der Waals surface area contributed by atoms with Gasteiger partial charge in [0.15, 0.2) is 0 Å². The molecule has 0 aromatic heterocycles. The zero-order valence-corrected chi connectivity index (χ0v) is 17.5. The van der Waals surface area contributed by atoms with Crippen molar-refractivity contribution in [2.75, 3.05) is 45.3 Å². The number of imide groups is 1. The average molecular weight is 405 g/mol. The summed E-state index contributed by atoms with van der Waals surface area (Å²) >= 11 is 0. The monoisotopic (exact) mass is 404 g/mol. The summed E-state index contributed by atoms with van der Waals surface area (Å²) in [6.45, 7) is 2.93. The van der Waals surface area contributed by atoms with Crippen molar-refractivity contribution in [3.8, 4) is 12.3 Å². The quantitative estimate of drug-likeness (QED) is 0.571. The van der Waals surface area contributed by atoms with E-state index in [1.807, 2.05) is 30.3 Å². The molecule has 1 aromatic rings. The lowest BCUT2D eigenvalue weighted by Crippen LogP contribution is -2.57.